The van der Waals surface area contributed by atoms with Crippen molar-refractivity contribution in [1.82, 2.24) is 4.98 Å². The maximum absolute atomic E-state index is 13.0. The number of hydrogen-bond donors (Lipinski definition) is 2. The molecule has 1 aromatic heterocycles. The van der Waals surface area contributed by atoms with E-state index in [9.17, 15) is 18.0 Å². The fourth-order valence-corrected chi connectivity index (χ4v) is 2.65. The number of benzene rings is 2. The van der Waals surface area contributed by atoms with Crippen LogP contribution in [-0.4, -0.2) is 17.3 Å². The number of fused-ring (bicyclic) bond motifs is 1. The lowest BCUT2D eigenvalue weighted by molar-refractivity contribution is -0.136. The summed E-state index contributed by atoms with van der Waals surface area (Å²) in [6.45, 7) is -0.257. The number of para-hydroxylation sites is 1. The Labute approximate surface area is 140 Å². The van der Waals surface area contributed by atoms with E-state index in [1.54, 1.807) is 18.3 Å². The number of rotatable bonds is 4. The van der Waals surface area contributed by atoms with Gasteiger partial charge in [0.15, 0.2) is 5.78 Å². The molecular formula is C17H12ClF3N2O. The average Bonchev–Trinajstić information content (AvgIpc) is 2.96. The fourth-order valence-electron chi connectivity index (χ4n) is 2.48. The normalized spacial score (nSPS) is 11.7. The standard InChI is InChI=1S/C17H12ClF3N2O/c18-10-5-6-15(13(7-10)17(19,20)21)23-9-16(24)12-8-22-14-4-2-1-3-11(12)14/h1-8,22-23H,9H2. The number of halogens is 4. The quantitative estimate of drug-likeness (QED) is 0.639. The summed E-state index contributed by atoms with van der Waals surface area (Å²) in [7, 11) is 0. The molecule has 0 fully saturated rings. The summed E-state index contributed by atoms with van der Waals surface area (Å²) in [6, 6.07) is 10.6. The van der Waals surface area contributed by atoms with Crippen molar-refractivity contribution in [2.75, 3.05) is 11.9 Å². The highest BCUT2D eigenvalue weighted by Gasteiger charge is 2.33. The Hall–Kier alpha value is -2.47. The number of alkyl halides is 3. The van der Waals surface area contributed by atoms with Crippen molar-refractivity contribution in [2.45, 2.75) is 6.18 Å². The van der Waals surface area contributed by atoms with E-state index in [-0.39, 0.29) is 23.0 Å². The van der Waals surface area contributed by atoms with E-state index >= 15 is 0 Å². The molecule has 3 nitrogen and oxygen atoms in total. The first kappa shape index (κ1) is 16.4. The Bertz CT molecular complexity index is 902. The van der Waals surface area contributed by atoms with Crippen LogP contribution in [0.5, 0.6) is 0 Å². The van der Waals surface area contributed by atoms with Crippen LogP contribution in [0.2, 0.25) is 5.02 Å². The minimum absolute atomic E-state index is 0.0177. The summed E-state index contributed by atoms with van der Waals surface area (Å²) in [6.07, 6.45) is -3.00. The molecule has 0 aliphatic heterocycles. The van der Waals surface area contributed by atoms with Crippen LogP contribution in [0.4, 0.5) is 18.9 Å². The summed E-state index contributed by atoms with van der Waals surface area (Å²) in [5.74, 6) is -0.310. The molecule has 124 valence electrons. The molecule has 7 heteroatoms. The zero-order chi connectivity index (χ0) is 17.3. The van der Waals surface area contributed by atoms with Gasteiger partial charge >= 0.3 is 6.18 Å². The minimum atomic E-state index is -4.56. The van der Waals surface area contributed by atoms with Crippen LogP contribution in [-0.2, 0) is 6.18 Å². The van der Waals surface area contributed by atoms with Gasteiger partial charge in [0.1, 0.15) is 0 Å². The monoisotopic (exact) mass is 352 g/mol. The molecule has 0 spiro atoms. The zero-order valence-corrected chi connectivity index (χ0v) is 13.0. The second kappa shape index (κ2) is 6.20. The number of aromatic amines is 1. The van der Waals surface area contributed by atoms with Crippen molar-refractivity contribution in [3.63, 3.8) is 0 Å². The maximum Gasteiger partial charge on any atom is 0.418 e. The molecule has 2 aromatic carbocycles. The van der Waals surface area contributed by atoms with Gasteiger partial charge in [-0.15, -0.1) is 0 Å². The molecule has 3 rings (SSSR count). The largest absolute Gasteiger partial charge is 0.418 e. The van der Waals surface area contributed by atoms with E-state index in [4.69, 9.17) is 11.6 Å². The lowest BCUT2D eigenvalue weighted by Gasteiger charge is -2.14. The van der Waals surface area contributed by atoms with E-state index in [1.165, 1.54) is 12.1 Å². The highest BCUT2D eigenvalue weighted by atomic mass is 35.5. The topological polar surface area (TPSA) is 44.9 Å². The van der Waals surface area contributed by atoms with Crippen LogP contribution in [0, 0.1) is 0 Å². The third kappa shape index (κ3) is 3.23. The lowest BCUT2D eigenvalue weighted by Crippen LogP contribution is -2.17. The SMILES string of the molecule is O=C(CNc1ccc(Cl)cc1C(F)(F)F)c1c[nH]c2ccccc12. The summed E-state index contributed by atoms with van der Waals surface area (Å²) < 4.78 is 39.1. The number of carbonyl (C=O) groups excluding carboxylic acids is 1. The van der Waals surface area contributed by atoms with Crippen LogP contribution in [0.3, 0.4) is 0 Å². The van der Waals surface area contributed by atoms with E-state index in [0.717, 1.165) is 17.0 Å². The highest BCUT2D eigenvalue weighted by Crippen LogP contribution is 2.36. The number of nitrogens with one attached hydrogen (secondary N) is 2. The van der Waals surface area contributed by atoms with Crippen molar-refractivity contribution < 1.29 is 18.0 Å². The summed E-state index contributed by atoms with van der Waals surface area (Å²) >= 11 is 5.63. The number of anilines is 1. The van der Waals surface area contributed by atoms with Gasteiger partial charge in [0.05, 0.1) is 12.1 Å². The molecule has 0 radical (unpaired) electrons. The summed E-state index contributed by atoms with van der Waals surface area (Å²) in [5.41, 5.74) is 0.144. The van der Waals surface area contributed by atoms with Gasteiger partial charge in [0.25, 0.3) is 0 Å². The van der Waals surface area contributed by atoms with Crippen LogP contribution in [0.1, 0.15) is 15.9 Å². The second-order valence-corrected chi connectivity index (χ2v) is 5.65. The van der Waals surface area contributed by atoms with Crippen LogP contribution >= 0.6 is 11.6 Å². The minimum Gasteiger partial charge on any atom is -0.377 e. The summed E-state index contributed by atoms with van der Waals surface area (Å²) in [4.78, 5) is 15.3. The Morgan fingerprint density at radius 2 is 1.92 bits per heavy atom. The molecule has 0 aliphatic rings. The first-order valence-electron chi connectivity index (χ1n) is 7.06. The number of carbonyl (C=O) groups is 1. The van der Waals surface area contributed by atoms with Crippen molar-refractivity contribution in [2.24, 2.45) is 0 Å². The predicted molar refractivity (Wildman–Crippen MR) is 87.6 cm³/mol. The first-order chi connectivity index (χ1) is 11.4. The molecular weight excluding hydrogens is 341 g/mol. The molecule has 0 amide bonds. The fraction of sp³-hybridized carbons (Fsp3) is 0.118. The van der Waals surface area contributed by atoms with Gasteiger partial charge in [-0.25, -0.2) is 0 Å². The van der Waals surface area contributed by atoms with E-state index < -0.39 is 11.7 Å². The molecule has 3 aromatic rings. The van der Waals surface area contributed by atoms with Gasteiger partial charge in [-0.3, -0.25) is 4.79 Å². The first-order valence-corrected chi connectivity index (χ1v) is 7.44. The summed E-state index contributed by atoms with van der Waals surface area (Å²) in [5, 5.41) is 3.27. The molecule has 0 saturated carbocycles. The lowest BCUT2D eigenvalue weighted by atomic mass is 10.1. The van der Waals surface area contributed by atoms with Crippen LogP contribution in [0.25, 0.3) is 10.9 Å². The van der Waals surface area contributed by atoms with E-state index in [2.05, 4.69) is 10.3 Å². The predicted octanol–water partition coefficient (Wildman–Crippen LogP) is 5.13. The van der Waals surface area contributed by atoms with Gasteiger partial charge < -0.3 is 10.3 Å². The molecule has 24 heavy (non-hydrogen) atoms. The molecule has 0 aliphatic carbocycles. The second-order valence-electron chi connectivity index (χ2n) is 5.21. The van der Waals surface area contributed by atoms with Gasteiger partial charge in [-0.05, 0) is 24.3 Å². The van der Waals surface area contributed by atoms with Crippen LogP contribution in [0.15, 0.2) is 48.7 Å². The molecule has 0 bridgehead atoms. The van der Waals surface area contributed by atoms with Crippen molar-refractivity contribution >= 4 is 34.0 Å². The number of Topliss-reactive ketones (excluding diaryl/α,β-unsaturated/α-hetero) is 1. The van der Waals surface area contributed by atoms with Crippen molar-refractivity contribution in [3.05, 3.63) is 64.8 Å². The Morgan fingerprint density at radius 1 is 1.17 bits per heavy atom. The van der Waals surface area contributed by atoms with E-state index in [0.29, 0.717) is 5.56 Å². The Kier molecular flexibility index (Phi) is 4.24. The molecule has 0 saturated heterocycles. The molecule has 1 heterocycles. The number of hydrogen-bond acceptors (Lipinski definition) is 2. The Morgan fingerprint density at radius 3 is 2.67 bits per heavy atom. The van der Waals surface area contributed by atoms with Crippen molar-refractivity contribution in [1.29, 1.82) is 0 Å². The third-order valence-corrected chi connectivity index (χ3v) is 3.85. The van der Waals surface area contributed by atoms with Gasteiger partial charge in [-0.1, -0.05) is 29.8 Å². The highest BCUT2D eigenvalue weighted by molar-refractivity contribution is 6.30. The third-order valence-electron chi connectivity index (χ3n) is 3.62. The van der Waals surface area contributed by atoms with Gasteiger partial charge in [0, 0.05) is 33.4 Å². The maximum atomic E-state index is 13.0. The number of ketones is 1. The Balaban J connectivity index is 1.82. The molecule has 0 unspecified atom stereocenters. The molecule has 0 atom stereocenters. The smallest absolute Gasteiger partial charge is 0.377 e. The number of aromatic nitrogens is 1. The number of H-pyrrole nitrogens is 1. The van der Waals surface area contributed by atoms with Crippen molar-refractivity contribution in [3.8, 4) is 0 Å². The van der Waals surface area contributed by atoms with E-state index in [1.807, 2.05) is 12.1 Å². The average molecular weight is 353 g/mol. The van der Waals surface area contributed by atoms with Gasteiger partial charge in [0.2, 0.25) is 0 Å². The van der Waals surface area contributed by atoms with Crippen LogP contribution < -0.4 is 5.32 Å². The van der Waals surface area contributed by atoms with Gasteiger partial charge in [-0.2, -0.15) is 13.2 Å². The zero-order valence-electron chi connectivity index (χ0n) is 12.2. The molecule has 2 N–H and O–H groups in total.